The lowest BCUT2D eigenvalue weighted by molar-refractivity contribution is 0.0987. The van der Waals surface area contributed by atoms with Gasteiger partial charge in [-0.25, -0.2) is 17.6 Å². The maximum absolute atomic E-state index is 13.4. The number of hydrogen-bond donors (Lipinski definition) is 0. The van der Waals surface area contributed by atoms with Gasteiger partial charge in [0.1, 0.15) is 11.6 Å². The van der Waals surface area contributed by atoms with Gasteiger partial charge in [-0.05, 0) is 29.8 Å². The van der Waals surface area contributed by atoms with Gasteiger partial charge in [0, 0.05) is 6.42 Å². The second-order valence-corrected chi connectivity index (χ2v) is 3.94. The number of rotatable bonds is 3. The predicted molar refractivity (Wildman–Crippen MR) is 60.8 cm³/mol. The highest BCUT2D eigenvalue weighted by atomic mass is 19.2. The van der Waals surface area contributed by atoms with Gasteiger partial charge in [-0.3, -0.25) is 4.79 Å². The van der Waals surface area contributed by atoms with E-state index in [-0.39, 0.29) is 5.56 Å². The third-order valence-corrected chi connectivity index (χ3v) is 2.61. The van der Waals surface area contributed by atoms with Gasteiger partial charge >= 0.3 is 0 Å². The molecule has 0 unspecified atom stereocenters. The molecular weight excluding hydrogens is 260 g/mol. The molecule has 19 heavy (non-hydrogen) atoms. The van der Waals surface area contributed by atoms with Crippen molar-refractivity contribution in [1.29, 1.82) is 0 Å². The van der Waals surface area contributed by atoms with Gasteiger partial charge in [-0.15, -0.1) is 0 Å². The molecule has 0 fully saturated rings. The summed E-state index contributed by atoms with van der Waals surface area (Å²) in [6.45, 7) is 0. The maximum atomic E-state index is 13.4. The lowest BCUT2D eigenvalue weighted by atomic mass is 10.0. The molecule has 0 saturated carbocycles. The molecule has 0 aliphatic rings. The summed E-state index contributed by atoms with van der Waals surface area (Å²) in [6.07, 6.45) is -0.538. The van der Waals surface area contributed by atoms with Gasteiger partial charge in [-0.1, -0.05) is 12.1 Å². The Kier molecular flexibility index (Phi) is 3.64. The van der Waals surface area contributed by atoms with Crippen molar-refractivity contribution in [2.45, 2.75) is 6.42 Å². The summed E-state index contributed by atoms with van der Waals surface area (Å²) in [5, 5.41) is 0. The van der Waals surface area contributed by atoms with Crippen molar-refractivity contribution in [3.63, 3.8) is 0 Å². The summed E-state index contributed by atoms with van der Waals surface area (Å²) in [5.74, 6) is -4.74. The molecule has 0 atom stereocenters. The average Bonchev–Trinajstić information content (AvgIpc) is 2.38. The van der Waals surface area contributed by atoms with Gasteiger partial charge in [0.05, 0.1) is 5.56 Å². The lowest BCUT2D eigenvalue weighted by Crippen LogP contribution is -2.08. The van der Waals surface area contributed by atoms with E-state index in [9.17, 15) is 22.4 Å². The zero-order valence-corrected chi connectivity index (χ0v) is 9.59. The van der Waals surface area contributed by atoms with E-state index >= 15 is 0 Å². The summed E-state index contributed by atoms with van der Waals surface area (Å²) in [5.41, 5.74) is -0.683. The van der Waals surface area contributed by atoms with Crippen molar-refractivity contribution >= 4 is 5.78 Å². The SMILES string of the molecule is O=C(Cc1cccc(F)c1F)c1cc(F)ccc1F. The molecule has 0 heterocycles. The minimum absolute atomic E-state index is 0.200. The van der Waals surface area contributed by atoms with Crippen LogP contribution in [0.4, 0.5) is 17.6 Å². The average molecular weight is 268 g/mol. The van der Waals surface area contributed by atoms with Crippen LogP contribution < -0.4 is 0 Å². The highest BCUT2D eigenvalue weighted by Crippen LogP contribution is 2.16. The quantitative estimate of drug-likeness (QED) is 0.613. The van der Waals surface area contributed by atoms with Gasteiger partial charge in [0.15, 0.2) is 17.4 Å². The number of ketones is 1. The smallest absolute Gasteiger partial charge is 0.170 e. The Morgan fingerprint density at radius 2 is 1.68 bits per heavy atom. The van der Waals surface area contributed by atoms with Crippen LogP contribution in [0.25, 0.3) is 0 Å². The summed E-state index contributed by atoms with van der Waals surface area (Å²) < 4.78 is 52.6. The molecule has 0 spiro atoms. The van der Waals surface area contributed by atoms with Crippen molar-refractivity contribution in [3.8, 4) is 0 Å². The summed E-state index contributed by atoms with van der Waals surface area (Å²) in [4.78, 5) is 11.8. The second kappa shape index (κ2) is 5.22. The Hall–Kier alpha value is -2.17. The number of carbonyl (C=O) groups is 1. The maximum Gasteiger partial charge on any atom is 0.170 e. The first-order chi connectivity index (χ1) is 8.99. The second-order valence-electron chi connectivity index (χ2n) is 3.94. The van der Waals surface area contributed by atoms with Gasteiger partial charge in [0.25, 0.3) is 0 Å². The summed E-state index contributed by atoms with van der Waals surface area (Å²) >= 11 is 0. The zero-order valence-electron chi connectivity index (χ0n) is 9.59. The van der Waals surface area contributed by atoms with Crippen molar-refractivity contribution < 1.29 is 22.4 Å². The van der Waals surface area contributed by atoms with E-state index in [4.69, 9.17) is 0 Å². The monoisotopic (exact) mass is 268 g/mol. The third kappa shape index (κ3) is 2.81. The summed E-state index contributed by atoms with van der Waals surface area (Å²) in [7, 11) is 0. The summed E-state index contributed by atoms with van der Waals surface area (Å²) in [6, 6.07) is 5.77. The molecule has 0 saturated heterocycles. The predicted octanol–water partition coefficient (Wildman–Crippen LogP) is 3.67. The largest absolute Gasteiger partial charge is 0.294 e. The zero-order chi connectivity index (χ0) is 14.0. The first-order valence-electron chi connectivity index (χ1n) is 5.40. The minimum atomic E-state index is -1.16. The molecule has 98 valence electrons. The Morgan fingerprint density at radius 3 is 2.42 bits per heavy atom. The molecule has 2 aromatic rings. The molecule has 1 nitrogen and oxygen atoms in total. The van der Waals surface area contributed by atoms with Crippen LogP contribution in [-0.2, 0) is 6.42 Å². The van der Waals surface area contributed by atoms with Crippen molar-refractivity contribution in [3.05, 3.63) is 70.8 Å². The molecule has 2 rings (SSSR count). The lowest BCUT2D eigenvalue weighted by Gasteiger charge is -2.05. The Labute approximate surface area is 106 Å². The van der Waals surface area contributed by atoms with E-state index in [0.29, 0.717) is 0 Å². The third-order valence-electron chi connectivity index (χ3n) is 2.61. The van der Waals surface area contributed by atoms with Crippen molar-refractivity contribution in [2.24, 2.45) is 0 Å². The molecule has 0 bridgehead atoms. The topological polar surface area (TPSA) is 17.1 Å². The molecule has 0 radical (unpaired) electrons. The molecule has 0 aliphatic heterocycles. The van der Waals surface area contributed by atoms with Crippen LogP contribution in [0, 0.1) is 23.3 Å². The van der Waals surface area contributed by atoms with E-state index < -0.39 is 41.0 Å². The Balaban J connectivity index is 2.31. The fourth-order valence-corrected chi connectivity index (χ4v) is 1.66. The molecular formula is C14H8F4O. The fourth-order valence-electron chi connectivity index (χ4n) is 1.66. The number of benzene rings is 2. The highest BCUT2D eigenvalue weighted by Gasteiger charge is 2.16. The van der Waals surface area contributed by atoms with Crippen LogP contribution in [0.2, 0.25) is 0 Å². The van der Waals surface area contributed by atoms with Crippen LogP contribution in [0.1, 0.15) is 15.9 Å². The van der Waals surface area contributed by atoms with Gasteiger partial charge < -0.3 is 0 Å². The van der Waals surface area contributed by atoms with Crippen LogP contribution in [0.3, 0.4) is 0 Å². The van der Waals surface area contributed by atoms with Crippen LogP contribution in [-0.4, -0.2) is 5.78 Å². The first kappa shape index (κ1) is 13.3. The minimum Gasteiger partial charge on any atom is -0.294 e. The van der Waals surface area contributed by atoms with Crippen molar-refractivity contribution in [1.82, 2.24) is 0 Å². The molecule has 0 aliphatic carbocycles. The van der Waals surface area contributed by atoms with E-state index in [1.165, 1.54) is 12.1 Å². The number of carbonyl (C=O) groups excluding carboxylic acids is 1. The van der Waals surface area contributed by atoms with E-state index in [2.05, 4.69) is 0 Å². The normalized spacial score (nSPS) is 10.5. The molecule has 0 N–H and O–H groups in total. The Bertz CT molecular complexity index is 637. The molecule has 5 heteroatoms. The molecule has 2 aromatic carbocycles. The molecule has 0 amide bonds. The molecule has 0 aromatic heterocycles. The van der Waals surface area contributed by atoms with E-state index in [1.807, 2.05) is 0 Å². The number of Topliss-reactive ketones (excluding diaryl/α,β-unsaturated/α-hetero) is 1. The van der Waals surface area contributed by atoms with E-state index in [1.54, 1.807) is 0 Å². The van der Waals surface area contributed by atoms with Crippen LogP contribution >= 0.6 is 0 Å². The Morgan fingerprint density at radius 1 is 0.947 bits per heavy atom. The van der Waals surface area contributed by atoms with Gasteiger partial charge in [-0.2, -0.15) is 0 Å². The van der Waals surface area contributed by atoms with Crippen LogP contribution in [0.5, 0.6) is 0 Å². The number of halogens is 4. The standard InChI is InChI=1S/C14H8F4O/c15-9-4-5-11(16)10(7-9)13(19)6-8-2-1-3-12(17)14(8)18/h1-5,7H,6H2. The van der Waals surface area contributed by atoms with E-state index in [0.717, 1.165) is 24.3 Å². The first-order valence-corrected chi connectivity index (χ1v) is 5.40. The van der Waals surface area contributed by atoms with Crippen LogP contribution in [0.15, 0.2) is 36.4 Å². The number of hydrogen-bond acceptors (Lipinski definition) is 1. The highest BCUT2D eigenvalue weighted by molar-refractivity contribution is 5.97. The van der Waals surface area contributed by atoms with Crippen molar-refractivity contribution in [2.75, 3.05) is 0 Å². The fraction of sp³-hybridized carbons (Fsp3) is 0.0714. The van der Waals surface area contributed by atoms with Gasteiger partial charge in [0.2, 0.25) is 0 Å².